The zero-order valence-corrected chi connectivity index (χ0v) is 15.4. The molecule has 27 heavy (non-hydrogen) atoms. The number of sulfonamides is 1. The lowest BCUT2D eigenvalue weighted by molar-refractivity contribution is -0.384. The Morgan fingerprint density at radius 3 is 2.30 bits per heavy atom. The van der Waals surface area contributed by atoms with Gasteiger partial charge in [0.1, 0.15) is 6.04 Å². The third-order valence-corrected chi connectivity index (χ3v) is 4.75. The number of carbonyl (C=O) groups excluding carboxylic acids is 2. The van der Waals surface area contributed by atoms with E-state index in [1.165, 1.54) is 6.92 Å². The molecular formula is C12H15N2O11PS. The summed E-state index contributed by atoms with van der Waals surface area (Å²) in [5.41, 5.74) is -0.374. The van der Waals surface area contributed by atoms with E-state index in [2.05, 4.69) is 9.26 Å². The zero-order chi connectivity index (χ0) is 20.8. The number of carbonyl (C=O) groups is 2. The normalized spacial score (nSPS) is 12.9. The van der Waals surface area contributed by atoms with E-state index in [1.807, 2.05) is 4.72 Å². The first-order chi connectivity index (χ1) is 12.4. The maximum absolute atomic E-state index is 12.3. The van der Waals surface area contributed by atoms with Gasteiger partial charge >= 0.3 is 19.8 Å². The summed E-state index contributed by atoms with van der Waals surface area (Å²) in [5.74, 6) is -2.74. The van der Waals surface area contributed by atoms with Crippen LogP contribution in [0.15, 0.2) is 29.2 Å². The number of rotatable bonds is 9. The van der Waals surface area contributed by atoms with Gasteiger partial charge in [-0.2, -0.15) is 4.72 Å². The van der Waals surface area contributed by atoms with Gasteiger partial charge in [0.05, 0.1) is 22.8 Å². The molecular weight excluding hydrogens is 411 g/mol. The molecule has 0 aliphatic carbocycles. The molecule has 13 nitrogen and oxygen atoms in total. The molecule has 0 radical (unpaired) electrons. The maximum atomic E-state index is 12.3. The van der Waals surface area contributed by atoms with Crippen molar-refractivity contribution in [3.05, 3.63) is 34.4 Å². The number of non-ortho nitro benzene ring substituents is 1. The lowest BCUT2D eigenvalue weighted by atomic mass is 10.2. The monoisotopic (exact) mass is 426 g/mol. The van der Waals surface area contributed by atoms with Crippen molar-refractivity contribution in [1.82, 2.24) is 4.72 Å². The van der Waals surface area contributed by atoms with Crippen LogP contribution in [-0.2, 0) is 33.4 Å². The highest BCUT2D eigenvalue weighted by Crippen LogP contribution is 2.36. The van der Waals surface area contributed by atoms with Crippen molar-refractivity contribution in [3.8, 4) is 0 Å². The molecule has 0 aliphatic heterocycles. The van der Waals surface area contributed by atoms with Crippen LogP contribution < -0.4 is 4.72 Å². The van der Waals surface area contributed by atoms with Crippen molar-refractivity contribution in [1.29, 1.82) is 0 Å². The van der Waals surface area contributed by atoms with Crippen molar-refractivity contribution < 1.29 is 46.5 Å². The van der Waals surface area contributed by atoms with E-state index in [-0.39, 0.29) is 12.3 Å². The first-order valence-corrected chi connectivity index (χ1v) is 10.1. The van der Waals surface area contributed by atoms with Crippen molar-refractivity contribution in [2.75, 3.05) is 6.61 Å². The minimum Gasteiger partial charge on any atom is -0.465 e. The van der Waals surface area contributed by atoms with Gasteiger partial charge in [0.15, 0.2) is 0 Å². The number of nitrogens with zero attached hydrogens (tertiary/aromatic N) is 1. The molecule has 0 bridgehead atoms. The van der Waals surface area contributed by atoms with Gasteiger partial charge in [-0.1, -0.05) is 0 Å². The van der Waals surface area contributed by atoms with E-state index in [9.17, 15) is 32.7 Å². The molecule has 0 aromatic heterocycles. The third kappa shape index (κ3) is 7.40. The highest BCUT2D eigenvalue weighted by molar-refractivity contribution is 7.89. The number of nitro groups is 1. The van der Waals surface area contributed by atoms with Gasteiger partial charge in [-0.15, -0.1) is 0 Å². The highest BCUT2D eigenvalue weighted by atomic mass is 32.2. The number of nitrogens with one attached hydrogen (secondary N) is 1. The molecule has 0 spiro atoms. The molecule has 1 aromatic carbocycles. The fourth-order valence-electron chi connectivity index (χ4n) is 1.75. The van der Waals surface area contributed by atoms with E-state index in [0.29, 0.717) is 0 Å². The number of hydrogen-bond donors (Lipinski definition) is 3. The molecule has 1 aromatic rings. The first-order valence-electron chi connectivity index (χ1n) is 7.07. The average molecular weight is 426 g/mol. The van der Waals surface area contributed by atoms with Crippen LogP contribution in [0.25, 0.3) is 0 Å². The van der Waals surface area contributed by atoms with Crippen molar-refractivity contribution in [3.63, 3.8) is 0 Å². The van der Waals surface area contributed by atoms with Crippen molar-refractivity contribution in [2.45, 2.75) is 24.3 Å². The molecule has 1 atom stereocenters. The van der Waals surface area contributed by atoms with E-state index in [0.717, 1.165) is 24.3 Å². The maximum Gasteiger partial charge on any atom is 0.526 e. The molecule has 3 N–H and O–H groups in total. The second-order valence-electron chi connectivity index (χ2n) is 4.83. The quantitative estimate of drug-likeness (QED) is 0.205. The summed E-state index contributed by atoms with van der Waals surface area (Å²) in [6.45, 7) is 1.25. The fourth-order valence-corrected chi connectivity index (χ4v) is 3.28. The summed E-state index contributed by atoms with van der Waals surface area (Å²) >= 11 is 0. The molecule has 150 valence electrons. The Bertz CT molecular complexity index is 862. The Morgan fingerprint density at radius 2 is 1.85 bits per heavy atom. The number of phosphoric acid groups is 1. The van der Waals surface area contributed by atoms with E-state index < -0.39 is 52.1 Å². The molecule has 0 saturated heterocycles. The predicted molar refractivity (Wildman–Crippen MR) is 86.6 cm³/mol. The van der Waals surface area contributed by atoms with Gasteiger partial charge in [0.25, 0.3) is 5.69 Å². The second kappa shape index (κ2) is 9.01. The minimum absolute atomic E-state index is 0.165. The SMILES string of the molecule is CCOC(=O)[C@H](CC(=O)OP(=O)(O)O)NS(=O)(=O)c1ccc([N+](=O)[O-])cc1. The van der Waals surface area contributed by atoms with Gasteiger partial charge in [-0.05, 0) is 19.1 Å². The molecule has 0 fully saturated rings. The Hall–Kier alpha value is -2.38. The molecule has 0 amide bonds. The number of ether oxygens (including phenoxy) is 1. The van der Waals surface area contributed by atoms with Crippen LogP contribution in [0.3, 0.4) is 0 Å². The van der Waals surface area contributed by atoms with Crippen LogP contribution in [0.4, 0.5) is 5.69 Å². The summed E-state index contributed by atoms with van der Waals surface area (Å²) in [4.78, 5) is 49.9. The third-order valence-electron chi connectivity index (χ3n) is 2.82. The van der Waals surface area contributed by atoms with Gasteiger partial charge in [-0.25, -0.2) is 13.0 Å². The largest absolute Gasteiger partial charge is 0.526 e. The summed E-state index contributed by atoms with van der Waals surface area (Å²) in [6.07, 6.45) is -1.06. The minimum atomic E-state index is -5.19. The highest BCUT2D eigenvalue weighted by Gasteiger charge is 2.32. The number of phosphoric ester groups is 1. The molecule has 0 aliphatic rings. The smallest absolute Gasteiger partial charge is 0.465 e. The summed E-state index contributed by atoms with van der Waals surface area (Å²) in [5, 5.41) is 10.6. The van der Waals surface area contributed by atoms with Crippen LogP contribution >= 0.6 is 7.82 Å². The van der Waals surface area contributed by atoms with E-state index in [4.69, 9.17) is 9.79 Å². The Balaban J connectivity index is 3.04. The van der Waals surface area contributed by atoms with Gasteiger partial charge in [0, 0.05) is 12.1 Å². The molecule has 0 saturated carbocycles. The molecule has 0 unspecified atom stereocenters. The van der Waals surface area contributed by atoms with E-state index in [1.54, 1.807) is 0 Å². The molecule has 0 heterocycles. The van der Waals surface area contributed by atoms with Crippen molar-refractivity contribution in [2.24, 2.45) is 0 Å². The van der Waals surface area contributed by atoms with Gasteiger partial charge < -0.3 is 9.26 Å². The Morgan fingerprint density at radius 1 is 1.30 bits per heavy atom. The zero-order valence-electron chi connectivity index (χ0n) is 13.7. The van der Waals surface area contributed by atoms with E-state index >= 15 is 0 Å². The molecule has 1 rings (SSSR count). The Kier molecular flexibility index (Phi) is 7.56. The lowest BCUT2D eigenvalue weighted by Gasteiger charge is -2.17. The van der Waals surface area contributed by atoms with Crippen LogP contribution in [0.2, 0.25) is 0 Å². The number of benzene rings is 1. The Labute approximate surface area is 152 Å². The summed E-state index contributed by atoms with van der Waals surface area (Å²) in [7, 11) is -9.62. The summed E-state index contributed by atoms with van der Waals surface area (Å²) in [6, 6.07) is 1.78. The molecule has 15 heteroatoms. The predicted octanol–water partition coefficient (Wildman–Crippen LogP) is -0.169. The number of nitro benzene ring substituents is 1. The topological polar surface area (TPSA) is 199 Å². The van der Waals surface area contributed by atoms with Gasteiger partial charge in [0.2, 0.25) is 10.0 Å². The van der Waals surface area contributed by atoms with Crippen LogP contribution in [0.5, 0.6) is 0 Å². The fraction of sp³-hybridized carbons (Fsp3) is 0.333. The number of hydrogen-bond acceptors (Lipinski definition) is 9. The first kappa shape index (κ1) is 22.7. The van der Waals surface area contributed by atoms with Crippen LogP contribution in [0, 0.1) is 10.1 Å². The van der Waals surface area contributed by atoms with Gasteiger partial charge in [-0.3, -0.25) is 29.5 Å². The standard InChI is InChI=1S/C12H15N2O11PS/c1-2-24-12(16)10(7-11(15)25-26(19,20)21)13-27(22,23)9-5-3-8(4-6-9)14(17)18/h3-6,10,13H,2,7H2,1H3,(H2,19,20,21)/t10-/m0/s1. The lowest BCUT2D eigenvalue weighted by Crippen LogP contribution is -2.43. The van der Waals surface area contributed by atoms with Crippen LogP contribution in [0.1, 0.15) is 13.3 Å². The second-order valence-corrected chi connectivity index (χ2v) is 7.71. The summed E-state index contributed by atoms with van der Waals surface area (Å²) < 4.78 is 45.5. The number of esters is 1. The van der Waals surface area contributed by atoms with Crippen molar-refractivity contribution >= 4 is 35.5 Å². The van der Waals surface area contributed by atoms with Crippen LogP contribution in [-0.4, -0.2) is 47.7 Å². The average Bonchev–Trinajstić information content (AvgIpc) is 2.52.